The van der Waals surface area contributed by atoms with Gasteiger partial charge in [0.25, 0.3) is 0 Å². The molecule has 1 rings (SSSR count). The molecule has 0 amide bonds. The van der Waals surface area contributed by atoms with Crippen molar-refractivity contribution in [2.45, 2.75) is 0 Å². The van der Waals surface area contributed by atoms with Crippen LogP contribution in [-0.2, 0) is 0 Å². The van der Waals surface area contributed by atoms with Crippen molar-refractivity contribution < 1.29 is 0 Å². The molecule has 0 spiro atoms. The molecule has 0 aliphatic carbocycles. The molecule has 0 heterocycles. The van der Waals surface area contributed by atoms with Crippen molar-refractivity contribution in [3.8, 4) is 0 Å². The smallest absolute Gasteiger partial charge is 0.336 e. The van der Waals surface area contributed by atoms with Gasteiger partial charge in [-0.15, -0.1) is 20.7 Å². The van der Waals surface area contributed by atoms with Gasteiger partial charge in [-0.3, -0.25) is 0 Å². The molecule has 1 aromatic rings. The maximum atomic E-state index is 5.77. The molecule has 0 unspecified atom stereocenters. The minimum absolute atomic E-state index is 0. The first-order valence-electron chi connectivity index (χ1n) is 2.64. The van der Waals surface area contributed by atoms with Crippen molar-refractivity contribution in [3.05, 3.63) is 29.3 Å². The minimum Gasteiger partial charge on any atom is -0.336 e. The normalized spacial score (nSPS) is 7.80. The summed E-state index contributed by atoms with van der Waals surface area (Å²) in [6.07, 6.45) is 0. The summed E-state index contributed by atoms with van der Waals surface area (Å²) in [5.74, 6) is 0. The summed E-state index contributed by atoms with van der Waals surface area (Å²) in [6, 6.07) is 7.71. The molecule has 0 bridgehead atoms. The van der Waals surface area contributed by atoms with Crippen molar-refractivity contribution in [1.29, 1.82) is 0 Å². The van der Waals surface area contributed by atoms with Gasteiger partial charge in [-0.1, -0.05) is 29.8 Å². The summed E-state index contributed by atoms with van der Waals surface area (Å²) >= 11 is 5.18. The topological polar surface area (TPSA) is 0 Å². The maximum Gasteiger partial charge on any atom is 0.540 e. The summed E-state index contributed by atoms with van der Waals surface area (Å²) < 4.78 is 1.13. The lowest BCUT2D eigenvalue weighted by molar-refractivity contribution is 1.77. The molecule has 0 nitrogen and oxygen atoms in total. The van der Waals surface area contributed by atoms with Crippen LogP contribution in [0.25, 0.3) is 0 Å². The highest BCUT2D eigenvalue weighted by Crippen LogP contribution is 2.02. The largest absolute Gasteiger partial charge is 0.540 e. The zero-order valence-corrected chi connectivity index (χ0v) is 9.82. The van der Waals surface area contributed by atoms with Gasteiger partial charge in [0.15, 0.2) is 0 Å². The van der Waals surface area contributed by atoms with E-state index in [9.17, 15) is 0 Å². The number of hydrogen-bond donors (Lipinski definition) is 0. The predicted molar refractivity (Wildman–Crippen MR) is 53.0 cm³/mol. The highest BCUT2D eigenvalue weighted by Gasteiger charge is 1.98. The van der Waals surface area contributed by atoms with Crippen molar-refractivity contribution in [3.63, 3.8) is 0 Å². The van der Waals surface area contributed by atoms with Gasteiger partial charge in [0.05, 0.1) is 0 Å². The average molecular weight is 252 g/mol. The van der Waals surface area contributed by atoms with Crippen LogP contribution in [0.5, 0.6) is 0 Å². The molecule has 0 aliphatic heterocycles. The van der Waals surface area contributed by atoms with Crippen LogP contribution in [0.1, 0.15) is 0 Å². The number of halogens is 3. The molecule has 4 heteroatoms. The van der Waals surface area contributed by atoms with Gasteiger partial charge >= 0.3 is 19.3 Å². The third-order valence-electron chi connectivity index (χ3n) is 1.10. The summed E-state index contributed by atoms with van der Waals surface area (Å²) in [7, 11) is 5.69. The molecular weight excluding hydrogens is 247 g/mol. The SMILES string of the molecule is Br.[Cl][Mg][c]1ccccc1Cl. The van der Waals surface area contributed by atoms with Crippen LogP contribution in [0.15, 0.2) is 24.3 Å². The fourth-order valence-corrected chi connectivity index (χ4v) is 2.32. The van der Waals surface area contributed by atoms with Crippen LogP contribution in [-0.4, -0.2) is 19.3 Å². The van der Waals surface area contributed by atoms with Crippen molar-refractivity contribution in [1.82, 2.24) is 0 Å². The Morgan fingerprint density at radius 2 is 1.80 bits per heavy atom. The van der Waals surface area contributed by atoms with E-state index in [1.165, 1.54) is 0 Å². The number of rotatable bonds is 1. The third-order valence-corrected chi connectivity index (χ3v) is 3.46. The monoisotopic (exact) mass is 250 g/mol. The Labute approximate surface area is 89.2 Å². The van der Waals surface area contributed by atoms with Gasteiger partial charge in [-0.05, 0) is 6.07 Å². The van der Waals surface area contributed by atoms with E-state index in [-0.39, 0.29) is 17.0 Å². The van der Waals surface area contributed by atoms with Gasteiger partial charge in [0, 0.05) is 5.02 Å². The lowest BCUT2D eigenvalue weighted by atomic mass is 10.4. The molecule has 0 aromatic heterocycles. The summed E-state index contributed by atoms with van der Waals surface area (Å²) in [5, 5.41) is 0.805. The first-order chi connectivity index (χ1) is 4.34. The van der Waals surface area contributed by atoms with Gasteiger partial charge in [0.2, 0.25) is 0 Å². The molecule has 0 aliphatic rings. The second-order valence-electron chi connectivity index (χ2n) is 1.73. The van der Waals surface area contributed by atoms with Crippen LogP contribution in [0, 0.1) is 0 Å². The quantitative estimate of drug-likeness (QED) is 0.673. The molecule has 0 radical (unpaired) electrons. The van der Waals surface area contributed by atoms with Crippen LogP contribution >= 0.6 is 37.7 Å². The third kappa shape index (κ3) is 2.97. The molecular formula is C6H5BrCl2Mg. The Kier molecular flexibility index (Phi) is 6.26. The molecule has 0 N–H and O–H groups in total. The molecule has 0 saturated heterocycles. The Morgan fingerprint density at radius 3 is 2.20 bits per heavy atom. The Hall–Kier alpha value is 1.05. The Bertz CT molecular complexity index is 205. The second-order valence-corrected chi connectivity index (χ2v) is 3.96. The highest BCUT2D eigenvalue weighted by molar-refractivity contribution is 8.93. The van der Waals surface area contributed by atoms with E-state index in [0.29, 0.717) is 0 Å². The zero-order chi connectivity index (χ0) is 6.69. The summed E-state index contributed by atoms with van der Waals surface area (Å²) in [5.41, 5.74) is 0. The van der Waals surface area contributed by atoms with E-state index in [2.05, 4.69) is 0 Å². The zero-order valence-electron chi connectivity index (χ0n) is 5.18. The molecule has 52 valence electrons. The van der Waals surface area contributed by atoms with E-state index < -0.39 is 19.3 Å². The molecule has 0 atom stereocenters. The van der Waals surface area contributed by atoms with E-state index in [4.69, 9.17) is 20.7 Å². The van der Waals surface area contributed by atoms with Gasteiger partial charge in [-0.25, -0.2) is 0 Å². The van der Waals surface area contributed by atoms with E-state index >= 15 is 0 Å². The molecule has 0 saturated carbocycles. The Morgan fingerprint density at radius 1 is 1.20 bits per heavy atom. The van der Waals surface area contributed by atoms with E-state index in [1.54, 1.807) is 0 Å². The van der Waals surface area contributed by atoms with Gasteiger partial charge in [-0.2, -0.15) is 0 Å². The van der Waals surface area contributed by atoms with Crippen LogP contribution in [0.3, 0.4) is 0 Å². The highest BCUT2D eigenvalue weighted by atomic mass is 79.9. The van der Waals surface area contributed by atoms with E-state index in [0.717, 1.165) is 8.72 Å². The fourth-order valence-electron chi connectivity index (χ4n) is 0.607. The van der Waals surface area contributed by atoms with Crippen LogP contribution in [0.2, 0.25) is 5.02 Å². The molecule has 1 aromatic carbocycles. The lowest BCUT2D eigenvalue weighted by Gasteiger charge is -1.94. The van der Waals surface area contributed by atoms with Gasteiger partial charge < -0.3 is 9.07 Å². The number of hydrogen-bond acceptors (Lipinski definition) is 0. The van der Waals surface area contributed by atoms with Crippen molar-refractivity contribution in [2.24, 2.45) is 0 Å². The Balaban J connectivity index is 0.000000810. The molecule has 0 fully saturated rings. The summed E-state index contributed by atoms with van der Waals surface area (Å²) in [6.45, 7) is 0. The first kappa shape index (κ1) is 11.0. The summed E-state index contributed by atoms with van der Waals surface area (Å²) in [4.78, 5) is 0. The van der Waals surface area contributed by atoms with E-state index in [1.807, 2.05) is 24.3 Å². The first-order valence-corrected chi connectivity index (χ1v) is 5.86. The predicted octanol–water partition coefficient (Wildman–Crippen LogP) is 2.40. The average Bonchev–Trinajstić information content (AvgIpc) is 1.89. The standard InChI is InChI=1S/C6H4Cl.BrH.ClH.Mg/c7-6-4-2-1-3-5-6;;;/h1-4H;2*1H;/q;;;+1/p-1. The number of benzene rings is 1. The van der Waals surface area contributed by atoms with Crippen molar-refractivity contribution in [2.75, 3.05) is 0 Å². The fraction of sp³-hybridized carbons (Fsp3) is 0. The van der Waals surface area contributed by atoms with Crippen LogP contribution < -0.4 is 3.69 Å². The maximum absolute atomic E-state index is 5.77. The van der Waals surface area contributed by atoms with Crippen LogP contribution in [0.4, 0.5) is 0 Å². The lowest BCUT2D eigenvalue weighted by Crippen LogP contribution is -2.08. The van der Waals surface area contributed by atoms with Gasteiger partial charge in [0.1, 0.15) is 0 Å². The molecule has 10 heavy (non-hydrogen) atoms. The minimum atomic E-state index is -0.597. The second kappa shape index (κ2) is 5.67. The van der Waals surface area contributed by atoms with Crippen molar-refractivity contribution >= 4 is 60.6 Å².